The average molecular weight is 236 g/mol. The van der Waals surface area contributed by atoms with Crippen molar-refractivity contribution < 1.29 is 9.53 Å². The topological polar surface area (TPSA) is 64.3 Å². The van der Waals surface area contributed by atoms with Crippen molar-refractivity contribution in [1.29, 1.82) is 0 Å². The van der Waals surface area contributed by atoms with E-state index in [0.717, 1.165) is 0 Å². The Bertz CT molecular complexity index is 203. The van der Waals surface area contributed by atoms with E-state index in [1.807, 2.05) is 13.2 Å². The monoisotopic (exact) mass is 236 g/mol. The maximum absolute atomic E-state index is 11.7. The zero-order chi connectivity index (χ0) is 11.2. The maximum atomic E-state index is 11.7. The Morgan fingerprint density at radius 3 is 2.64 bits per heavy atom. The van der Waals surface area contributed by atoms with Crippen molar-refractivity contribution in [2.24, 2.45) is 5.84 Å². The summed E-state index contributed by atoms with van der Waals surface area (Å²) in [5, 5.41) is 0.196. The minimum absolute atomic E-state index is 0.0778. The van der Waals surface area contributed by atoms with E-state index in [2.05, 4.69) is 5.43 Å². The zero-order valence-corrected chi connectivity index (χ0v) is 10.3. The first kappa shape index (κ1) is 13.8. The number of carbonyl (C=O) groups excluding carboxylic acids is 1. The van der Waals surface area contributed by atoms with Crippen molar-refractivity contribution >= 4 is 34.8 Å². The van der Waals surface area contributed by atoms with Gasteiger partial charge in [0.15, 0.2) is 16.4 Å². The molecule has 0 radical (unpaired) electrons. The highest BCUT2D eigenvalue weighted by molar-refractivity contribution is 7.99. The van der Waals surface area contributed by atoms with E-state index in [9.17, 15) is 4.79 Å². The number of thioether (sulfide) groups is 1. The van der Waals surface area contributed by atoms with Crippen LogP contribution in [0.15, 0.2) is 0 Å². The molecule has 0 amide bonds. The third-order valence-corrected chi connectivity index (χ3v) is 2.88. The molecule has 1 unspecified atom stereocenters. The van der Waals surface area contributed by atoms with Gasteiger partial charge in [0, 0.05) is 0 Å². The molecule has 6 heteroatoms. The zero-order valence-electron chi connectivity index (χ0n) is 8.62. The molecule has 0 spiro atoms. The molecule has 14 heavy (non-hydrogen) atoms. The number of ether oxygens (including phenoxy) is 1. The second kappa shape index (κ2) is 6.34. The van der Waals surface area contributed by atoms with Gasteiger partial charge in [-0.15, -0.1) is 0 Å². The van der Waals surface area contributed by atoms with Gasteiger partial charge in [-0.1, -0.05) is 0 Å². The van der Waals surface area contributed by atoms with Crippen molar-refractivity contribution in [3.63, 3.8) is 0 Å². The highest BCUT2D eigenvalue weighted by Gasteiger charge is 2.37. The maximum Gasteiger partial charge on any atom is 0.188 e. The van der Waals surface area contributed by atoms with E-state index >= 15 is 0 Å². The summed E-state index contributed by atoms with van der Waals surface area (Å²) >= 11 is 6.41. The Morgan fingerprint density at radius 2 is 2.29 bits per heavy atom. The number of hydrogen-bond acceptors (Lipinski definition) is 6. The summed E-state index contributed by atoms with van der Waals surface area (Å²) in [4.78, 5) is 11.7. The molecule has 0 saturated heterocycles. The lowest BCUT2D eigenvalue weighted by molar-refractivity contribution is -0.120. The third kappa shape index (κ3) is 3.20. The standard InChI is InChI=1S/C8H16N2O2S2/c1-4-12-7(13)8(2,10-9)6(11)5-14-3/h10H,4-5,9H2,1-3H3. The molecule has 0 aromatic carbocycles. The average Bonchev–Trinajstić information content (AvgIpc) is 2.17. The Balaban J connectivity index is 4.60. The van der Waals surface area contributed by atoms with Crippen molar-refractivity contribution in [1.82, 2.24) is 5.43 Å². The van der Waals surface area contributed by atoms with Gasteiger partial charge in [-0.25, -0.2) is 5.43 Å². The molecule has 3 N–H and O–H groups in total. The molecule has 0 aliphatic heterocycles. The number of thiocarbonyl (C=S) groups is 1. The van der Waals surface area contributed by atoms with E-state index in [-0.39, 0.29) is 10.8 Å². The van der Waals surface area contributed by atoms with Gasteiger partial charge in [-0.2, -0.15) is 11.8 Å². The Labute approximate surface area is 93.9 Å². The molecule has 0 rings (SSSR count). The minimum atomic E-state index is -1.06. The van der Waals surface area contributed by atoms with Gasteiger partial charge >= 0.3 is 0 Å². The van der Waals surface area contributed by atoms with Gasteiger partial charge in [0.1, 0.15) is 0 Å². The molecule has 0 saturated carbocycles. The Kier molecular flexibility index (Phi) is 6.26. The van der Waals surface area contributed by atoms with Crippen LogP contribution in [0.2, 0.25) is 0 Å². The number of ketones is 1. The quantitative estimate of drug-likeness (QED) is 0.398. The lowest BCUT2D eigenvalue weighted by Gasteiger charge is -2.27. The first-order valence-corrected chi connectivity index (χ1v) is 6.00. The fraction of sp³-hybridized carbons (Fsp3) is 0.750. The van der Waals surface area contributed by atoms with Gasteiger partial charge in [0.05, 0.1) is 12.4 Å². The number of hydrogen-bond donors (Lipinski definition) is 2. The van der Waals surface area contributed by atoms with Crippen LogP contribution in [-0.2, 0) is 9.53 Å². The van der Waals surface area contributed by atoms with E-state index in [4.69, 9.17) is 22.8 Å². The van der Waals surface area contributed by atoms with Crippen LogP contribution in [0.1, 0.15) is 13.8 Å². The predicted molar refractivity (Wildman–Crippen MR) is 63.3 cm³/mol. The van der Waals surface area contributed by atoms with Crippen molar-refractivity contribution in [3.05, 3.63) is 0 Å². The van der Waals surface area contributed by atoms with Gasteiger partial charge in [0.2, 0.25) is 0 Å². The van der Waals surface area contributed by atoms with Gasteiger partial charge < -0.3 is 4.74 Å². The number of rotatable bonds is 6. The fourth-order valence-corrected chi connectivity index (χ4v) is 1.65. The highest BCUT2D eigenvalue weighted by atomic mass is 32.2. The van der Waals surface area contributed by atoms with E-state index in [0.29, 0.717) is 12.4 Å². The molecular formula is C8H16N2O2S2. The Morgan fingerprint density at radius 1 is 1.71 bits per heavy atom. The first-order chi connectivity index (χ1) is 6.52. The molecule has 0 aromatic heterocycles. The summed E-state index contributed by atoms with van der Waals surface area (Å²) < 4.78 is 5.12. The molecule has 4 nitrogen and oxygen atoms in total. The molecule has 0 heterocycles. The summed E-state index contributed by atoms with van der Waals surface area (Å²) in [6.07, 6.45) is 1.85. The lowest BCUT2D eigenvalue weighted by atomic mass is 10.00. The predicted octanol–water partition coefficient (Wildman–Crippen LogP) is 0.504. The summed E-state index contributed by atoms with van der Waals surface area (Å²) in [5.41, 5.74) is 1.36. The van der Waals surface area contributed by atoms with Crippen LogP contribution >= 0.6 is 24.0 Å². The molecule has 0 bridgehead atoms. The highest BCUT2D eigenvalue weighted by Crippen LogP contribution is 2.12. The SMILES string of the molecule is CCOC(=S)C(C)(NN)C(=O)CSC. The number of nitrogens with two attached hydrogens (primary N) is 1. The second-order valence-electron chi connectivity index (χ2n) is 2.85. The van der Waals surface area contributed by atoms with Crippen molar-refractivity contribution in [2.45, 2.75) is 19.4 Å². The van der Waals surface area contributed by atoms with Gasteiger partial charge in [0.25, 0.3) is 0 Å². The lowest BCUT2D eigenvalue weighted by Crippen LogP contribution is -2.59. The second-order valence-corrected chi connectivity index (χ2v) is 4.08. The summed E-state index contributed by atoms with van der Waals surface area (Å²) in [6, 6.07) is 0. The number of Topliss-reactive ketones (excluding diaryl/α,β-unsaturated/α-hetero) is 1. The fourth-order valence-electron chi connectivity index (χ4n) is 0.804. The van der Waals surface area contributed by atoms with Crippen LogP contribution in [0, 0.1) is 0 Å². The molecule has 1 atom stereocenters. The molecule has 0 aromatic rings. The number of hydrazine groups is 1. The Hall–Kier alpha value is -0.170. The molecular weight excluding hydrogens is 220 g/mol. The van der Waals surface area contributed by atoms with E-state index < -0.39 is 5.54 Å². The van der Waals surface area contributed by atoms with Crippen LogP contribution in [0.5, 0.6) is 0 Å². The van der Waals surface area contributed by atoms with Crippen LogP contribution < -0.4 is 11.3 Å². The molecule has 82 valence electrons. The van der Waals surface area contributed by atoms with Crippen LogP contribution in [0.4, 0.5) is 0 Å². The first-order valence-electron chi connectivity index (χ1n) is 4.20. The van der Waals surface area contributed by atoms with E-state index in [1.165, 1.54) is 11.8 Å². The molecule has 0 aliphatic rings. The molecule has 0 fully saturated rings. The third-order valence-electron chi connectivity index (χ3n) is 1.81. The largest absolute Gasteiger partial charge is 0.485 e. The number of carbonyl (C=O) groups is 1. The van der Waals surface area contributed by atoms with Crippen molar-refractivity contribution in [3.8, 4) is 0 Å². The van der Waals surface area contributed by atoms with Crippen LogP contribution in [0.3, 0.4) is 0 Å². The smallest absolute Gasteiger partial charge is 0.188 e. The van der Waals surface area contributed by atoms with Gasteiger partial charge in [-0.3, -0.25) is 10.6 Å². The minimum Gasteiger partial charge on any atom is -0.485 e. The molecule has 0 aliphatic carbocycles. The summed E-state index contributed by atoms with van der Waals surface area (Å²) in [7, 11) is 0. The number of nitrogens with one attached hydrogen (secondary N) is 1. The van der Waals surface area contributed by atoms with Crippen LogP contribution in [0.25, 0.3) is 0 Å². The summed E-state index contributed by atoms with van der Waals surface area (Å²) in [5.74, 6) is 5.60. The normalized spacial score (nSPS) is 14.6. The van der Waals surface area contributed by atoms with Gasteiger partial charge in [-0.05, 0) is 32.3 Å². The summed E-state index contributed by atoms with van der Waals surface area (Å²) in [6.45, 7) is 3.87. The van der Waals surface area contributed by atoms with Crippen LogP contribution in [-0.4, -0.2) is 35.0 Å². The van der Waals surface area contributed by atoms with E-state index in [1.54, 1.807) is 6.92 Å². The van der Waals surface area contributed by atoms with Crippen molar-refractivity contribution in [2.75, 3.05) is 18.6 Å².